The maximum Gasteiger partial charge on any atom is 0.337 e. The fourth-order valence-corrected chi connectivity index (χ4v) is 2.94. The third-order valence-corrected chi connectivity index (χ3v) is 4.17. The molecule has 2 unspecified atom stereocenters. The van der Waals surface area contributed by atoms with Crippen LogP contribution in [0.5, 0.6) is 0 Å². The van der Waals surface area contributed by atoms with Gasteiger partial charge >= 0.3 is 11.9 Å². The molecule has 0 aliphatic heterocycles. The van der Waals surface area contributed by atoms with Crippen LogP contribution in [0.4, 0.5) is 0 Å². The molecule has 1 aliphatic carbocycles. The highest BCUT2D eigenvalue weighted by molar-refractivity contribution is 5.93. The van der Waals surface area contributed by atoms with Gasteiger partial charge in [-0.2, -0.15) is 0 Å². The number of aliphatic hydroxyl groups is 2. The van der Waals surface area contributed by atoms with Gasteiger partial charge in [-0.3, -0.25) is 0 Å². The summed E-state index contributed by atoms with van der Waals surface area (Å²) < 4.78 is 9.36. The van der Waals surface area contributed by atoms with Crippen molar-refractivity contribution in [1.29, 1.82) is 0 Å². The van der Waals surface area contributed by atoms with Crippen LogP contribution in [0, 0.1) is 0 Å². The fraction of sp³-hybridized carbons (Fsp3) is 0.222. The zero-order valence-electron chi connectivity index (χ0n) is 13.1. The number of esters is 2. The van der Waals surface area contributed by atoms with E-state index in [0.717, 1.165) is 0 Å². The van der Waals surface area contributed by atoms with Crippen molar-refractivity contribution in [3.8, 4) is 11.1 Å². The van der Waals surface area contributed by atoms with Gasteiger partial charge in [0.15, 0.2) is 0 Å². The van der Waals surface area contributed by atoms with Crippen molar-refractivity contribution in [2.24, 2.45) is 0 Å². The van der Waals surface area contributed by atoms with Crippen molar-refractivity contribution in [1.82, 2.24) is 0 Å². The van der Waals surface area contributed by atoms with Crippen LogP contribution in [0.2, 0.25) is 0 Å². The average Bonchev–Trinajstić information content (AvgIpc) is 2.63. The number of aliphatic hydroxyl groups excluding tert-OH is 2. The number of hydrogen-bond donors (Lipinski definition) is 2. The molecule has 2 atom stereocenters. The Morgan fingerprint density at radius 2 is 1.17 bits per heavy atom. The van der Waals surface area contributed by atoms with E-state index < -0.39 is 24.1 Å². The number of benzene rings is 2. The first-order valence-electron chi connectivity index (χ1n) is 7.29. The Kier molecular flexibility index (Phi) is 4.09. The van der Waals surface area contributed by atoms with E-state index in [9.17, 15) is 19.8 Å². The lowest BCUT2D eigenvalue weighted by Crippen LogP contribution is -2.19. The molecular weight excluding hydrogens is 312 g/mol. The summed E-state index contributed by atoms with van der Waals surface area (Å²) in [6.07, 6.45) is -2.44. The molecule has 0 radical (unpaired) electrons. The molecule has 6 heteroatoms. The van der Waals surface area contributed by atoms with Crippen LogP contribution < -0.4 is 0 Å². The second-order valence-electron chi connectivity index (χ2n) is 5.48. The van der Waals surface area contributed by atoms with Gasteiger partial charge in [-0.15, -0.1) is 0 Å². The van der Waals surface area contributed by atoms with Gasteiger partial charge < -0.3 is 19.7 Å². The molecule has 0 saturated heterocycles. The van der Waals surface area contributed by atoms with E-state index in [1.165, 1.54) is 26.4 Å². The number of carbonyl (C=O) groups is 2. The molecule has 2 N–H and O–H groups in total. The molecule has 0 heterocycles. The van der Waals surface area contributed by atoms with E-state index in [2.05, 4.69) is 9.47 Å². The van der Waals surface area contributed by atoms with Crippen molar-refractivity contribution in [3.63, 3.8) is 0 Å². The minimum absolute atomic E-state index is 0.289. The standard InChI is InChI=1S/C18H16O6/c1-23-17(21)9-3-5-11-12-6-4-10(18(22)24-2)8-14(12)16(20)15(19)13(11)7-9/h3-8,15-16,19-20H,1-2H3. The van der Waals surface area contributed by atoms with E-state index in [-0.39, 0.29) is 11.1 Å². The second-order valence-corrected chi connectivity index (χ2v) is 5.48. The van der Waals surface area contributed by atoms with Crippen LogP contribution >= 0.6 is 0 Å². The Hall–Kier alpha value is -2.70. The largest absolute Gasteiger partial charge is 0.465 e. The Morgan fingerprint density at radius 3 is 1.50 bits per heavy atom. The Bertz CT molecular complexity index is 757. The minimum atomic E-state index is -1.22. The third-order valence-electron chi connectivity index (χ3n) is 4.17. The fourth-order valence-electron chi connectivity index (χ4n) is 2.94. The topological polar surface area (TPSA) is 93.1 Å². The van der Waals surface area contributed by atoms with E-state index in [1.807, 2.05) is 0 Å². The Labute approximate surface area is 138 Å². The van der Waals surface area contributed by atoms with Crippen LogP contribution in [0.3, 0.4) is 0 Å². The summed E-state index contributed by atoms with van der Waals surface area (Å²) in [5, 5.41) is 20.8. The molecule has 0 spiro atoms. The van der Waals surface area contributed by atoms with Crippen molar-refractivity contribution in [2.45, 2.75) is 12.2 Å². The molecule has 24 heavy (non-hydrogen) atoms. The minimum Gasteiger partial charge on any atom is -0.465 e. The van der Waals surface area contributed by atoms with Crippen LogP contribution in [-0.4, -0.2) is 36.4 Å². The first-order valence-corrected chi connectivity index (χ1v) is 7.29. The van der Waals surface area contributed by atoms with Crippen LogP contribution in [-0.2, 0) is 9.47 Å². The first-order chi connectivity index (χ1) is 11.5. The van der Waals surface area contributed by atoms with Gasteiger partial charge in [0.1, 0.15) is 12.2 Å². The molecule has 3 rings (SSSR count). The SMILES string of the molecule is COC(=O)c1ccc2c(c1)C(O)C(O)c1cc(C(=O)OC)ccc1-2. The van der Waals surface area contributed by atoms with Crippen LogP contribution in [0.25, 0.3) is 11.1 Å². The normalized spacial score (nSPS) is 18.3. The highest BCUT2D eigenvalue weighted by Gasteiger charge is 2.32. The average molecular weight is 328 g/mol. The summed E-state index contributed by atoms with van der Waals surface area (Å²) in [4.78, 5) is 23.3. The number of hydrogen-bond acceptors (Lipinski definition) is 6. The smallest absolute Gasteiger partial charge is 0.337 e. The van der Waals surface area contributed by atoms with Gasteiger partial charge in [0.25, 0.3) is 0 Å². The monoisotopic (exact) mass is 328 g/mol. The molecule has 0 fully saturated rings. The Morgan fingerprint density at radius 1 is 0.792 bits per heavy atom. The lowest BCUT2D eigenvalue weighted by molar-refractivity contribution is 0.0156. The maximum absolute atomic E-state index is 11.7. The van der Waals surface area contributed by atoms with Gasteiger partial charge in [0.2, 0.25) is 0 Å². The zero-order valence-corrected chi connectivity index (χ0v) is 13.1. The summed E-state index contributed by atoms with van der Waals surface area (Å²) in [5.74, 6) is -1.04. The maximum atomic E-state index is 11.7. The summed E-state index contributed by atoms with van der Waals surface area (Å²) >= 11 is 0. The molecule has 1 aliphatic rings. The number of rotatable bonds is 2. The summed E-state index contributed by atoms with van der Waals surface area (Å²) in [6.45, 7) is 0. The molecule has 0 saturated carbocycles. The van der Waals surface area contributed by atoms with E-state index >= 15 is 0 Å². The Balaban J connectivity index is 2.16. The summed E-state index contributed by atoms with van der Waals surface area (Å²) in [7, 11) is 2.55. The molecule has 124 valence electrons. The molecule has 0 bridgehead atoms. The highest BCUT2D eigenvalue weighted by Crippen LogP contribution is 2.45. The predicted molar refractivity (Wildman–Crippen MR) is 84.5 cm³/mol. The van der Waals surface area contributed by atoms with E-state index in [4.69, 9.17) is 0 Å². The third kappa shape index (κ3) is 2.46. The lowest BCUT2D eigenvalue weighted by Gasteiger charge is -2.29. The van der Waals surface area contributed by atoms with Crippen LogP contribution in [0.1, 0.15) is 44.1 Å². The first kappa shape index (κ1) is 16.2. The quantitative estimate of drug-likeness (QED) is 0.819. The molecule has 2 aromatic rings. The lowest BCUT2D eigenvalue weighted by atomic mass is 9.80. The number of carbonyl (C=O) groups excluding carboxylic acids is 2. The molecule has 6 nitrogen and oxygen atoms in total. The van der Waals surface area contributed by atoms with Crippen molar-refractivity contribution < 1.29 is 29.3 Å². The van der Waals surface area contributed by atoms with Crippen molar-refractivity contribution >= 4 is 11.9 Å². The van der Waals surface area contributed by atoms with Gasteiger partial charge in [-0.25, -0.2) is 9.59 Å². The van der Waals surface area contributed by atoms with Gasteiger partial charge in [-0.05, 0) is 46.5 Å². The number of fused-ring (bicyclic) bond motifs is 3. The number of methoxy groups -OCH3 is 2. The second kappa shape index (κ2) is 6.07. The predicted octanol–water partition coefficient (Wildman–Crippen LogP) is 2.01. The highest BCUT2D eigenvalue weighted by atomic mass is 16.5. The van der Waals surface area contributed by atoms with Gasteiger partial charge in [0.05, 0.1) is 25.3 Å². The van der Waals surface area contributed by atoms with Crippen molar-refractivity contribution in [3.05, 3.63) is 58.7 Å². The number of ether oxygens (including phenoxy) is 2. The molecule has 0 amide bonds. The molecule has 0 aromatic heterocycles. The molecule has 2 aromatic carbocycles. The van der Waals surface area contributed by atoms with Crippen LogP contribution in [0.15, 0.2) is 36.4 Å². The van der Waals surface area contributed by atoms with Crippen molar-refractivity contribution in [2.75, 3.05) is 14.2 Å². The summed E-state index contributed by atoms with van der Waals surface area (Å²) in [5.41, 5.74) is 2.82. The van der Waals surface area contributed by atoms with E-state index in [0.29, 0.717) is 22.3 Å². The zero-order chi connectivity index (χ0) is 17.4. The molecular formula is C18H16O6. The summed E-state index contributed by atoms with van der Waals surface area (Å²) in [6, 6.07) is 9.57. The van der Waals surface area contributed by atoms with Gasteiger partial charge in [0, 0.05) is 0 Å². The van der Waals surface area contributed by atoms with E-state index in [1.54, 1.807) is 24.3 Å². The van der Waals surface area contributed by atoms with Gasteiger partial charge in [-0.1, -0.05) is 12.1 Å².